The summed E-state index contributed by atoms with van der Waals surface area (Å²) >= 11 is 0. The van der Waals surface area contributed by atoms with Crippen LogP contribution in [0.3, 0.4) is 0 Å². The lowest BCUT2D eigenvalue weighted by Gasteiger charge is -2.33. The molecule has 6 heteroatoms. The predicted octanol–water partition coefficient (Wildman–Crippen LogP) is 3.61. The van der Waals surface area contributed by atoms with Gasteiger partial charge in [-0.05, 0) is 18.9 Å². The molecule has 0 rings (SSSR count). The third-order valence-corrected chi connectivity index (χ3v) is 4.18. The average molecular weight is 385 g/mol. The zero-order chi connectivity index (χ0) is 20.9. The Hall–Kier alpha value is -1.66. The van der Waals surface area contributed by atoms with Gasteiger partial charge in [0, 0.05) is 6.08 Å². The van der Waals surface area contributed by atoms with Gasteiger partial charge >= 0.3 is 5.97 Å². The smallest absolute Gasteiger partial charge is 0.307 e. The van der Waals surface area contributed by atoms with E-state index in [4.69, 9.17) is 5.11 Å². The van der Waals surface area contributed by atoms with Gasteiger partial charge in [-0.3, -0.25) is 9.59 Å². The molecule has 1 atom stereocenters. The van der Waals surface area contributed by atoms with Gasteiger partial charge < -0.3 is 19.8 Å². The maximum atomic E-state index is 12.4. The van der Waals surface area contributed by atoms with Crippen molar-refractivity contribution in [2.45, 2.75) is 70.3 Å². The zero-order valence-corrected chi connectivity index (χ0v) is 17.4. The lowest BCUT2D eigenvalue weighted by Crippen LogP contribution is -2.54. The monoisotopic (exact) mass is 384 g/mol. The average Bonchev–Trinajstić information content (AvgIpc) is 2.50. The van der Waals surface area contributed by atoms with Gasteiger partial charge in [0.05, 0.1) is 27.6 Å². The highest BCUT2D eigenvalue weighted by Gasteiger charge is 2.42. The van der Waals surface area contributed by atoms with Crippen molar-refractivity contribution in [1.82, 2.24) is 0 Å². The Kier molecular flexibility index (Phi) is 11.9. The fourth-order valence-electron chi connectivity index (χ4n) is 3.00. The topological polar surface area (TPSA) is 94.8 Å². The highest BCUT2D eigenvalue weighted by molar-refractivity contribution is 5.99. The van der Waals surface area contributed by atoms with E-state index < -0.39 is 23.8 Å². The summed E-state index contributed by atoms with van der Waals surface area (Å²) in [6, 6.07) is 0. The maximum absolute atomic E-state index is 12.4. The van der Waals surface area contributed by atoms with Gasteiger partial charge in [-0.25, -0.2) is 0 Å². The van der Waals surface area contributed by atoms with Gasteiger partial charge in [0.2, 0.25) is 0 Å². The molecule has 0 radical (unpaired) electrons. The van der Waals surface area contributed by atoms with Crippen LogP contribution in [0.2, 0.25) is 0 Å². The Labute approximate surface area is 163 Å². The predicted molar refractivity (Wildman–Crippen MR) is 108 cm³/mol. The number of hydrogen-bond acceptors (Lipinski definition) is 4. The Balaban J connectivity index is 4.57. The van der Waals surface area contributed by atoms with E-state index in [1.54, 1.807) is 27.2 Å². The number of aliphatic hydroxyl groups excluding tert-OH is 1. The van der Waals surface area contributed by atoms with Crippen molar-refractivity contribution in [2.75, 3.05) is 27.7 Å². The summed E-state index contributed by atoms with van der Waals surface area (Å²) in [5.41, 5.74) is -2.05. The van der Waals surface area contributed by atoms with Crippen LogP contribution in [-0.2, 0) is 9.59 Å². The van der Waals surface area contributed by atoms with Gasteiger partial charge in [0.1, 0.15) is 12.3 Å². The van der Waals surface area contributed by atoms with E-state index in [0.29, 0.717) is 0 Å². The van der Waals surface area contributed by atoms with E-state index in [-0.39, 0.29) is 16.8 Å². The number of rotatable bonds is 15. The van der Waals surface area contributed by atoms with Crippen molar-refractivity contribution < 1.29 is 29.4 Å². The first kappa shape index (κ1) is 25.3. The second-order valence-corrected chi connectivity index (χ2v) is 8.30. The van der Waals surface area contributed by atoms with Crippen LogP contribution in [0.1, 0.15) is 64.7 Å². The number of carboxylic acids is 1. The molecule has 0 aliphatic heterocycles. The van der Waals surface area contributed by atoms with E-state index in [2.05, 4.69) is 6.92 Å². The van der Waals surface area contributed by atoms with Crippen molar-refractivity contribution in [2.24, 2.45) is 0 Å². The highest BCUT2D eigenvalue weighted by Crippen LogP contribution is 2.18. The van der Waals surface area contributed by atoms with Crippen molar-refractivity contribution >= 4 is 11.8 Å². The SMILES string of the molecule is CCCCCCCCCC=CC(O)=CC(=O)C(O)(CC(=O)O)C[N+](C)(C)C. The van der Waals surface area contributed by atoms with Crippen LogP contribution in [0.15, 0.2) is 24.0 Å². The molecule has 0 aromatic rings. The summed E-state index contributed by atoms with van der Waals surface area (Å²) in [7, 11) is 5.27. The van der Waals surface area contributed by atoms with Crippen LogP contribution in [0.4, 0.5) is 0 Å². The van der Waals surface area contributed by atoms with Crippen LogP contribution in [0.25, 0.3) is 0 Å². The second-order valence-electron chi connectivity index (χ2n) is 8.30. The van der Waals surface area contributed by atoms with Gasteiger partial charge in [0.15, 0.2) is 11.4 Å². The molecule has 0 amide bonds. The van der Waals surface area contributed by atoms with E-state index in [1.807, 2.05) is 0 Å². The largest absolute Gasteiger partial charge is 0.508 e. The molecule has 0 bridgehead atoms. The van der Waals surface area contributed by atoms with E-state index in [0.717, 1.165) is 25.3 Å². The number of aliphatic hydroxyl groups is 2. The Bertz CT molecular complexity index is 519. The number of nitrogens with zero attached hydrogens (tertiary/aromatic N) is 1. The minimum atomic E-state index is -2.05. The van der Waals surface area contributed by atoms with Crippen LogP contribution in [0, 0.1) is 0 Å². The third-order valence-electron chi connectivity index (χ3n) is 4.18. The summed E-state index contributed by atoms with van der Waals surface area (Å²) < 4.78 is 0.220. The number of unbranched alkanes of at least 4 members (excludes halogenated alkanes) is 7. The number of hydrogen-bond donors (Lipinski definition) is 3. The van der Waals surface area contributed by atoms with E-state index in [1.165, 1.54) is 38.2 Å². The molecule has 0 aliphatic carbocycles. The van der Waals surface area contributed by atoms with Crippen LogP contribution in [-0.4, -0.2) is 64.8 Å². The maximum Gasteiger partial charge on any atom is 0.307 e. The van der Waals surface area contributed by atoms with E-state index >= 15 is 0 Å². The van der Waals surface area contributed by atoms with Crippen molar-refractivity contribution in [3.8, 4) is 0 Å². The molecule has 3 N–H and O–H groups in total. The minimum absolute atomic E-state index is 0.0658. The lowest BCUT2D eigenvalue weighted by molar-refractivity contribution is -0.875. The molecule has 6 nitrogen and oxygen atoms in total. The zero-order valence-electron chi connectivity index (χ0n) is 17.4. The summed E-state index contributed by atoms with van der Waals surface area (Å²) in [6.45, 7) is 2.13. The highest BCUT2D eigenvalue weighted by atomic mass is 16.4. The molecule has 1 unspecified atom stereocenters. The molecular weight excluding hydrogens is 346 g/mol. The lowest BCUT2D eigenvalue weighted by atomic mass is 9.92. The van der Waals surface area contributed by atoms with Crippen molar-refractivity contribution in [1.29, 1.82) is 0 Å². The number of aliphatic carboxylic acids is 1. The molecule has 0 spiro atoms. The van der Waals surface area contributed by atoms with E-state index in [9.17, 15) is 19.8 Å². The first-order valence-corrected chi connectivity index (χ1v) is 9.86. The quantitative estimate of drug-likeness (QED) is 0.132. The number of carbonyl (C=O) groups excluding carboxylic acids is 1. The summed E-state index contributed by atoms with van der Waals surface area (Å²) in [6.07, 6.45) is 12.7. The van der Waals surface area contributed by atoms with Crippen LogP contribution in [0.5, 0.6) is 0 Å². The number of quaternary nitrogens is 1. The second kappa shape index (κ2) is 12.7. The van der Waals surface area contributed by atoms with Gasteiger partial charge in [-0.15, -0.1) is 0 Å². The van der Waals surface area contributed by atoms with Crippen LogP contribution >= 0.6 is 0 Å². The normalized spacial score (nSPS) is 15.1. The fourth-order valence-corrected chi connectivity index (χ4v) is 3.00. The molecule has 27 heavy (non-hydrogen) atoms. The molecule has 156 valence electrons. The number of ketones is 1. The molecule has 0 aliphatic rings. The standard InChI is InChI=1S/C21H37NO5/c1-5-6-7-8-9-10-11-12-13-14-18(23)15-19(24)21(27,16-20(25)26)17-22(2,3)4/h13-15,27H,5-12,16-17H2,1-4H3,(H-,23,24,25,26)/p+1. The molecule has 0 fully saturated rings. The molecular formula is C21H38NO5+. The number of allylic oxidation sites excluding steroid dienone is 2. The fraction of sp³-hybridized carbons (Fsp3) is 0.714. The van der Waals surface area contributed by atoms with Crippen molar-refractivity contribution in [3.63, 3.8) is 0 Å². The Morgan fingerprint density at radius 2 is 1.52 bits per heavy atom. The third kappa shape index (κ3) is 13.2. The molecule has 0 saturated carbocycles. The molecule has 0 heterocycles. The Morgan fingerprint density at radius 1 is 0.963 bits per heavy atom. The molecule has 0 aromatic heterocycles. The summed E-state index contributed by atoms with van der Waals surface area (Å²) in [4.78, 5) is 23.4. The van der Waals surface area contributed by atoms with Gasteiger partial charge in [-0.2, -0.15) is 0 Å². The summed E-state index contributed by atoms with van der Waals surface area (Å²) in [5, 5.41) is 29.4. The summed E-state index contributed by atoms with van der Waals surface area (Å²) in [5.74, 6) is -2.33. The van der Waals surface area contributed by atoms with Gasteiger partial charge in [0.25, 0.3) is 0 Å². The number of carboxylic acid groups (broad SMARTS) is 1. The first-order chi connectivity index (χ1) is 12.5. The molecule has 0 aromatic carbocycles. The number of likely N-dealkylation sites (N-methyl/N-ethyl adjacent to an activating group) is 1. The Morgan fingerprint density at radius 3 is 2.04 bits per heavy atom. The molecule has 0 saturated heterocycles. The minimum Gasteiger partial charge on any atom is -0.508 e. The number of carbonyl (C=O) groups is 2. The van der Waals surface area contributed by atoms with Crippen LogP contribution < -0.4 is 0 Å². The van der Waals surface area contributed by atoms with Gasteiger partial charge in [-0.1, -0.05) is 51.5 Å². The van der Waals surface area contributed by atoms with Crippen molar-refractivity contribution in [3.05, 3.63) is 24.0 Å². The first-order valence-electron chi connectivity index (χ1n) is 9.86.